The van der Waals surface area contributed by atoms with Crippen LogP contribution in [0.4, 0.5) is 0 Å². The van der Waals surface area contributed by atoms with E-state index in [4.69, 9.17) is 23.8 Å². The van der Waals surface area contributed by atoms with Gasteiger partial charge in [-0.2, -0.15) is 0 Å². The lowest BCUT2D eigenvalue weighted by atomic mass is 10.0. The summed E-state index contributed by atoms with van der Waals surface area (Å²) in [4.78, 5) is 15.2. The molecule has 0 aliphatic rings. The number of fused-ring (bicyclic) bond motifs is 9. The molecule has 57 heavy (non-hydrogen) atoms. The van der Waals surface area contributed by atoms with Gasteiger partial charge in [-0.15, -0.1) is 0 Å². The van der Waals surface area contributed by atoms with Gasteiger partial charge in [0.1, 0.15) is 22.3 Å². The maximum Gasteiger partial charge on any atom is 0.164 e. The van der Waals surface area contributed by atoms with E-state index in [9.17, 15) is 0 Å². The SMILES string of the molecule is c1ccc(-c2ccc3c(c2)c2ccccc2n3-c2ccc3c(c2)oc2cc(-c4nc(-c5ccccc5)nc(-c5cccc6oc7ccccc7c56)n4)ccc23)cc1. The molecule has 0 spiro atoms. The van der Waals surface area contributed by atoms with Crippen LogP contribution in [0, 0.1) is 0 Å². The van der Waals surface area contributed by atoms with E-state index < -0.39 is 0 Å². The number of hydrogen-bond acceptors (Lipinski definition) is 5. The van der Waals surface area contributed by atoms with Crippen LogP contribution in [0.3, 0.4) is 0 Å². The number of aromatic nitrogens is 4. The highest BCUT2D eigenvalue weighted by atomic mass is 16.3. The molecule has 0 amide bonds. The predicted molar refractivity (Wildman–Crippen MR) is 230 cm³/mol. The first-order valence-electron chi connectivity index (χ1n) is 19.0. The largest absolute Gasteiger partial charge is 0.456 e. The topological polar surface area (TPSA) is 69.9 Å². The van der Waals surface area contributed by atoms with Gasteiger partial charge in [0.2, 0.25) is 0 Å². The summed E-state index contributed by atoms with van der Waals surface area (Å²) in [5.41, 5.74) is 11.6. The summed E-state index contributed by atoms with van der Waals surface area (Å²) in [7, 11) is 0. The van der Waals surface area contributed by atoms with Crippen LogP contribution < -0.4 is 0 Å². The Hall–Kier alpha value is -7.83. The molecule has 0 saturated heterocycles. The summed E-state index contributed by atoms with van der Waals surface area (Å²) in [6.45, 7) is 0. The van der Waals surface area contributed by atoms with Gasteiger partial charge in [-0.25, -0.2) is 15.0 Å². The molecule has 4 heterocycles. The molecular formula is C51H30N4O2. The molecule has 0 aliphatic carbocycles. The van der Waals surface area contributed by atoms with Crippen LogP contribution in [-0.2, 0) is 0 Å². The Bertz CT molecular complexity index is 3530. The van der Waals surface area contributed by atoms with E-state index >= 15 is 0 Å². The van der Waals surface area contributed by atoms with Crippen molar-refractivity contribution in [3.8, 4) is 51.0 Å². The van der Waals surface area contributed by atoms with Gasteiger partial charge in [0, 0.05) is 60.8 Å². The van der Waals surface area contributed by atoms with Gasteiger partial charge < -0.3 is 13.4 Å². The molecule has 6 heteroatoms. The van der Waals surface area contributed by atoms with Gasteiger partial charge in [0.15, 0.2) is 17.5 Å². The second kappa shape index (κ2) is 12.3. The molecule has 12 aromatic rings. The molecule has 0 aliphatic heterocycles. The Balaban J connectivity index is 1.00. The van der Waals surface area contributed by atoms with Gasteiger partial charge >= 0.3 is 0 Å². The van der Waals surface area contributed by atoms with Gasteiger partial charge in [0.05, 0.1) is 11.0 Å². The molecular weight excluding hydrogens is 701 g/mol. The Morgan fingerprint density at radius 3 is 1.79 bits per heavy atom. The van der Waals surface area contributed by atoms with Crippen molar-refractivity contribution in [2.24, 2.45) is 0 Å². The molecule has 12 rings (SSSR count). The third-order valence-electron chi connectivity index (χ3n) is 11.1. The summed E-state index contributed by atoms with van der Waals surface area (Å²) in [6.07, 6.45) is 0. The van der Waals surface area contributed by atoms with Crippen LogP contribution >= 0.6 is 0 Å². The third kappa shape index (κ3) is 5.01. The molecule has 0 atom stereocenters. The fourth-order valence-electron chi connectivity index (χ4n) is 8.41. The van der Waals surface area contributed by atoms with Crippen LogP contribution in [-0.4, -0.2) is 19.5 Å². The van der Waals surface area contributed by atoms with E-state index in [0.29, 0.717) is 17.5 Å². The number of nitrogens with zero attached hydrogens (tertiary/aromatic N) is 4. The van der Waals surface area contributed by atoms with Gasteiger partial charge in [0.25, 0.3) is 0 Å². The first kappa shape index (κ1) is 31.5. The van der Waals surface area contributed by atoms with Crippen molar-refractivity contribution in [2.75, 3.05) is 0 Å². The van der Waals surface area contributed by atoms with Crippen LogP contribution in [0.1, 0.15) is 0 Å². The minimum atomic E-state index is 0.562. The fourth-order valence-corrected chi connectivity index (χ4v) is 8.41. The lowest BCUT2D eigenvalue weighted by molar-refractivity contribution is 0.668. The zero-order chi connectivity index (χ0) is 37.5. The molecule has 6 nitrogen and oxygen atoms in total. The van der Waals surface area contributed by atoms with Crippen LogP contribution in [0.25, 0.3) is 117 Å². The van der Waals surface area contributed by atoms with Crippen molar-refractivity contribution in [1.29, 1.82) is 0 Å². The second-order valence-corrected chi connectivity index (χ2v) is 14.4. The van der Waals surface area contributed by atoms with Crippen LogP contribution in [0.15, 0.2) is 191 Å². The molecule has 0 N–H and O–H groups in total. The normalized spacial score (nSPS) is 11.9. The summed E-state index contributed by atoms with van der Waals surface area (Å²) in [5.74, 6) is 1.73. The highest BCUT2D eigenvalue weighted by Crippen LogP contribution is 2.39. The Labute approximate surface area is 325 Å². The summed E-state index contributed by atoms with van der Waals surface area (Å²) in [6, 6.07) is 62.8. The molecule has 0 fully saturated rings. The highest BCUT2D eigenvalue weighted by Gasteiger charge is 2.20. The number of hydrogen-bond donors (Lipinski definition) is 0. The Morgan fingerprint density at radius 2 is 0.947 bits per heavy atom. The number of para-hydroxylation sites is 2. The van der Waals surface area contributed by atoms with Crippen LogP contribution in [0.5, 0.6) is 0 Å². The lowest BCUT2D eigenvalue weighted by Gasteiger charge is -2.09. The van der Waals surface area contributed by atoms with E-state index in [1.807, 2.05) is 66.7 Å². The van der Waals surface area contributed by atoms with Crippen LogP contribution in [0.2, 0.25) is 0 Å². The fraction of sp³-hybridized carbons (Fsp3) is 0. The summed E-state index contributed by atoms with van der Waals surface area (Å²) in [5, 5.41) is 6.50. The monoisotopic (exact) mass is 730 g/mol. The zero-order valence-corrected chi connectivity index (χ0v) is 30.4. The minimum Gasteiger partial charge on any atom is -0.456 e. The smallest absolute Gasteiger partial charge is 0.164 e. The maximum absolute atomic E-state index is 6.68. The highest BCUT2D eigenvalue weighted by molar-refractivity contribution is 6.13. The third-order valence-corrected chi connectivity index (χ3v) is 11.1. The zero-order valence-electron chi connectivity index (χ0n) is 30.4. The Kier molecular flexibility index (Phi) is 6.83. The molecule has 0 bridgehead atoms. The molecule has 4 aromatic heterocycles. The number of rotatable bonds is 5. The number of furan rings is 2. The van der Waals surface area contributed by atoms with Gasteiger partial charge in [-0.3, -0.25) is 0 Å². The van der Waals surface area contributed by atoms with Gasteiger partial charge in [-0.05, 0) is 65.7 Å². The summed E-state index contributed by atoms with van der Waals surface area (Å²) < 4.78 is 15.2. The number of benzene rings is 8. The average Bonchev–Trinajstić information content (AvgIpc) is 3.95. The predicted octanol–water partition coefficient (Wildman–Crippen LogP) is 13.4. The minimum absolute atomic E-state index is 0.562. The Morgan fingerprint density at radius 1 is 0.333 bits per heavy atom. The maximum atomic E-state index is 6.68. The quantitative estimate of drug-likeness (QED) is 0.176. The first-order valence-corrected chi connectivity index (χ1v) is 19.0. The average molecular weight is 731 g/mol. The van der Waals surface area contributed by atoms with Crippen molar-refractivity contribution in [2.45, 2.75) is 0 Å². The molecule has 266 valence electrons. The van der Waals surface area contributed by atoms with Crippen molar-refractivity contribution in [1.82, 2.24) is 19.5 Å². The van der Waals surface area contributed by atoms with Crippen molar-refractivity contribution in [3.63, 3.8) is 0 Å². The van der Waals surface area contributed by atoms with E-state index in [2.05, 4.69) is 120 Å². The van der Waals surface area contributed by atoms with E-state index in [1.54, 1.807) is 0 Å². The van der Waals surface area contributed by atoms with Crippen molar-refractivity contribution < 1.29 is 8.83 Å². The summed E-state index contributed by atoms with van der Waals surface area (Å²) >= 11 is 0. The molecule has 0 radical (unpaired) electrons. The van der Waals surface area contributed by atoms with E-state index in [1.165, 1.54) is 21.9 Å². The van der Waals surface area contributed by atoms with E-state index in [0.717, 1.165) is 77.3 Å². The molecule has 0 unspecified atom stereocenters. The lowest BCUT2D eigenvalue weighted by Crippen LogP contribution is -2.00. The standard InChI is InChI=1S/C51H30N4O2/c1-3-12-31(13-4-1)33-23-27-43-41(28-33)36-16-7-9-19-42(36)55(43)35-24-26-38-37-25-22-34(29-46(37)57-47(38)30-35)50-52-49(32-14-5-2-6-15-32)53-51(54-50)40-18-11-21-45-48(40)39-17-8-10-20-44(39)56-45/h1-30H. The van der Waals surface area contributed by atoms with Crippen molar-refractivity contribution >= 4 is 65.7 Å². The van der Waals surface area contributed by atoms with Crippen molar-refractivity contribution in [3.05, 3.63) is 182 Å². The second-order valence-electron chi connectivity index (χ2n) is 14.4. The molecule has 0 saturated carbocycles. The van der Waals surface area contributed by atoms with E-state index in [-0.39, 0.29) is 0 Å². The molecule has 8 aromatic carbocycles. The van der Waals surface area contributed by atoms with Gasteiger partial charge in [-0.1, -0.05) is 121 Å². The first-order chi connectivity index (χ1) is 28.2.